The zero-order valence-corrected chi connectivity index (χ0v) is 10.7. The molecule has 2 nitrogen and oxygen atoms in total. The fourth-order valence-electron chi connectivity index (χ4n) is 3.25. The van der Waals surface area contributed by atoms with Crippen LogP contribution < -0.4 is 5.32 Å². The van der Waals surface area contributed by atoms with E-state index >= 15 is 0 Å². The lowest BCUT2D eigenvalue weighted by Crippen LogP contribution is -2.46. The summed E-state index contributed by atoms with van der Waals surface area (Å²) in [7, 11) is 1.99. The van der Waals surface area contributed by atoms with Gasteiger partial charge in [-0.1, -0.05) is 0 Å². The standard InChI is InChI=1S/C13H24F2N2/c1-16-12-5-3-7-17(10-12)9-11-4-2-6-13(14,15)8-11/h11-12,16H,2-10H2,1H3. The number of piperidine rings is 1. The van der Waals surface area contributed by atoms with E-state index in [4.69, 9.17) is 0 Å². The monoisotopic (exact) mass is 246 g/mol. The number of alkyl halides is 2. The first-order valence-corrected chi connectivity index (χ1v) is 6.86. The van der Waals surface area contributed by atoms with Gasteiger partial charge in [-0.05, 0) is 45.2 Å². The van der Waals surface area contributed by atoms with Crippen molar-refractivity contribution < 1.29 is 8.78 Å². The molecular weight excluding hydrogens is 222 g/mol. The molecule has 17 heavy (non-hydrogen) atoms. The van der Waals surface area contributed by atoms with Crippen molar-refractivity contribution in [3.63, 3.8) is 0 Å². The lowest BCUT2D eigenvalue weighted by atomic mass is 9.86. The Labute approximate surface area is 103 Å². The summed E-state index contributed by atoms with van der Waals surface area (Å²) in [5.41, 5.74) is 0. The summed E-state index contributed by atoms with van der Waals surface area (Å²) in [5, 5.41) is 3.30. The van der Waals surface area contributed by atoms with E-state index in [1.165, 1.54) is 12.8 Å². The van der Waals surface area contributed by atoms with Gasteiger partial charge in [0.15, 0.2) is 0 Å². The normalized spacial score (nSPS) is 34.8. The quantitative estimate of drug-likeness (QED) is 0.823. The molecule has 2 aliphatic rings. The zero-order chi connectivity index (χ0) is 12.3. The van der Waals surface area contributed by atoms with E-state index in [0.717, 1.165) is 26.1 Å². The highest BCUT2D eigenvalue weighted by atomic mass is 19.3. The molecule has 0 aromatic rings. The number of likely N-dealkylation sites (N-methyl/N-ethyl adjacent to an activating group) is 1. The molecular formula is C13H24F2N2. The van der Waals surface area contributed by atoms with Crippen LogP contribution in [0.15, 0.2) is 0 Å². The van der Waals surface area contributed by atoms with Gasteiger partial charge in [0.05, 0.1) is 0 Å². The average Bonchev–Trinajstić information content (AvgIpc) is 2.28. The lowest BCUT2D eigenvalue weighted by molar-refractivity contribution is -0.0578. The molecule has 2 rings (SSSR count). The van der Waals surface area contributed by atoms with Crippen LogP contribution >= 0.6 is 0 Å². The minimum Gasteiger partial charge on any atom is -0.316 e. The van der Waals surface area contributed by atoms with Crippen LogP contribution in [0.5, 0.6) is 0 Å². The third-order valence-corrected chi connectivity index (χ3v) is 4.17. The van der Waals surface area contributed by atoms with Crippen LogP contribution in [0.3, 0.4) is 0 Å². The number of hydrogen-bond donors (Lipinski definition) is 1. The second-order valence-corrected chi connectivity index (χ2v) is 5.71. The van der Waals surface area contributed by atoms with Crippen LogP contribution in [0.25, 0.3) is 0 Å². The number of hydrogen-bond acceptors (Lipinski definition) is 2. The molecule has 1 saturated heterocycles. The topological polar surface area (TPSA) is 15.3 Å². The molecule has 4 heteroatoms. The predicted octanol–water partition coefficient (Wildman–Crippen LogP) is 2.50. The summed E-state index contributed by atoms with van der Waals surface area (Å²) >= 11 is 0. The van der Waals surface area contributed by atoms with Crippen molar-refractivity contribution in [2.24, 2.45) is 5.92 Å². The van der Waals surface area contributed by atoms with E-state index in [-0.39, 0.29) is 18.8 Å². The van der Waals surface area contributed by atoms with Crippen LogP contribution in [0, 0.1) is 5.92 Å². The van der Waals surface area contributed by atoms with E-state index in [1.54, 1.807) is 0 Å². The Morgan fingerprint density at radius 1 is 1.29 bits per heavy atom. The van der Waals surface area contributed by atoms with Gasteiger partial charge >= 0.3 is 0 Å². The van der Waals surface area contributed by atoms with E-state index in [2.05, 4.69) is 10.2 Å². The number of rotatable bonds is 3. The average molecular weight is 246 g/mol. The molecule has 1 heterocycles. The van der Waals surface area contributed by atoms with Crippen LogP contribution in [-0.2, 0) is 0 Å². The maximum Gasteiger partial charge on any atom is 0.248 e. The maximum absolute atomic E-state index is 13.3. The molecule has 0 spiro atoms. The molecule has 1 aliphatic heterocycles. The molecule has 1 saturated carbocycles. The lowest BCUT2D eigenvalue weighted by Gasteiger charge is -2.37. The molecule has 2 unspecified atom stereocenters. The van der Waals surface area contributed by atoms with Crippen LogP contribution in [-0.4, -0.2) is 43.5 Å². The van der Waals surface area contributed by atoms with Crippen LogP contribution in [0.1, 0.15) is 38.5 Å². The summed E-state index contributed by atoms with van der Waals surface area (Å²) in [4.78, 5) is 2.37. The zero-order valence-electron chi connectivity index (χ0n) is 10.7. The molecule has 0 bridgehead atoms. The number of nitrogens with zero attached hydrogens (tertiary/aromatic N) is 1. The molecule has 0 radical (unpaired) electrons. The molecule has 0 aromatic carbocycles. The van der Waals surface area contributed by atoms with Gasteiger partial charge in [-0.15, -0.1) is 0 Å². The van der Waals surface area contributed by atoms with Crippen molar-refractivity contribution in [2.75, 3.05) is 26.7 Å². The molecule has 2 fully saturated rings. The summed E-state index contributed by atoms with van der Waals surface area (Å²) in [6.07, 6.45) is 4.29. The van der Waals surface area contributed by atoms with Gasteiger partial charge in [0.1, 0.15) is 0 Å². The third-order valence-electron chi connectivity index (χ3n) is 4.17. The largest absolute Gasteiger partial charge is 0.316 e. The Morgan fingerprint density at radius 3 is 2.82 bits per heavy atom. The van der Waals surface area contributed by atoms with Crippen molar-refractivity contribution in [3.05, 3.63) is 0 Å². The Morgan fingerprint density at radius 2 is 2.12 bits per heavy atom. The minimum atomic E-state index is -2.40. The molecule has 1 aliphatic carbocycles. The Balaban J connectivity index is 1.80. The van der Waals surface area contributed by atoms with Gasteiger partial charge < -0.3 is 10.2 Å². The fourth-order valence-corrected chi connectivity index (χ4v) is 3.25. The van der Waals surface area contributed by atoms with E-state index in [1.807, 2.05) is 7.05 Å². The van der Waals surface area contributed by atoms with Crippen LogP contribution in [0.4, 0.5) is 8.78 Å². The van der Waals surface area contributed by atoms with E-state index in [9.17, 15) is 8.78 Å². The third kappa shape index (κ3) is 3.88. The smallest absolute Gasteiger partial charge is 0.248 e. The Bertz CT molecular complexity index is 246. The summed E-state index contributed by atoms with van der Waals surface area (Å²) in [6, 6.07) is 0.549. The van der Waals surface area contributed by atoms with Gasteiger partial charge in [-0.2, -0.15) is 0 Å². The molecule has 100 valence electrons. The highest BCUT2D eigenvalue weighted by Gasteiger charge is 2.37. The number of likely N-dealkylation sites (tertiary alicyclic amines) is 1. The molecule has 2 atom stereocenters. The Hall–Kier alpha value is -0.220. The van der Waals surface area contributed by atoms with Gasteiger partial charge in [-0.3, -0.25) is 0 Å². The second-order valence-electron chi connectivity index (χ2n) is 5.71. The SMILES string of the molecule is CNC1CCCN(CC2CCCC(F)(F)C2)C1. The first kappa shape index (κ1) is 13.2. The van der Waals surface area contributed by atoms with Crippen molar-refractivity contribution in [3.8, 4) is 0 Å². The van der Waals surface area contributed by atoms with Crippen LogP contribution in [0.2, 0.25) is 0 Å². The molecule has 0 aromatic heterocycles. The highest BCUT2D eigenvalue weighted by Crippen LogP contribution is 2.37. The van der Waals surface area contributed by atoms with Gasteiger partial charge in [-0.25, -0.2) is 8.78 Å². The fraction of sp³-hybridized carbons (Fsp3) is 1.00. The summed E-state index contributed by atoms with van der Waals surface area (Å²) < 4.78 is 26.6. The minimum absolute atomic E-state index is 0.0998. The van der Waals surface area contributed by atoms with Crippen molar-refractivity contribution >= 4 is 0 Å². The number of halogens is 2. The second kappa shape index (κ2) is 5.61. The van der Waals surface area contributed by atoms with Crippen molar-refractivity contribution in [1.29, 1.82) is 0 Å². The first-order valence-electron chi connectivity index (χ1n) is 6.86. The maximum atomic E-state index is 13.3. The van der Waals surface area contributed by atoms with Crippen molar-refractivity contribution in [2.45, 2.75) is 50.5 Å². The summed E-state index contributed by atoms with van der Waals surface area (Å²) in [6.45, 7) is 2.98. The molecule has 0 amide bonds. The summed E-state index contributed by atoms with van der Waals surface area (Å²) in [5.74, 6) is -2.20. The van der Waals surface area contributed by atoms with E-state index in [0.29, 0.717) is 12.5 Å². The van der Waals surface area contributed by atoms with Gasteiger partial charge in [0.25, 0.3) is 0 Å². The molecule has 1 N–H and O–H groups in total. The van der Waals surface area contributed by atoms with Gasteiger partial charge in [0.2, 0.25) is 5.92 Å². The first-order chi connectivity index (χ1) is 8.09. The Kier molecular flexibility index (Phi) is 4.36. The van der Waals surface area contributed by atoms with Crippen molar-refractivity contribution in [1.82, 2.24) is 10.2 Å². The number of nitrogens with one attached hydrogen (secondary N) is 1. The van der Waals surface area contributed by atoms with Gasteiger partial charge in [0, 0.05) is 32.0 Å². The highest BCUT2D eigenvalue weighted by molar-refractivity contribution is 4.83. The predicted molar refractivity (Wildman–Crippen MR) is 65.4 cm³/mol. The van der Waals surface area contributed by atoms with E-state index < -0.39 is 5.92 Å².